The van der Waals surface area contributed by atoms with E-state index in [0.29, 0.717) is 23.5 Å². The number of ether oxygens (including phenoxy) is 1. The Balaban J connectivity index is 1.33. The van der Waals surface area contributed by atoms with Crippen molar-refractivity contribution in [3.05, 3.63) is 54.6 Å². The predicted octanol–water partition coefficient (Wildman–Crippen LogP) is 4.69. The van der Waals surface area contributed by atoms with Gasteiger partial charge in [-0.15, -0.1) is 0 Å². The first kappa shape index (κ1) is 27.2. The van der Waals surface area contributed by atoms with Crippen LogP contribution in [0.25, 0.3) is 11.0 Å². The zero-order valence-electron chi connectivity index (χ0n) is 22.8. The zero-order valence-corrected chi connectivity index (χ0v) is 22.8. The van der Waals surface area contributed by atoms with Crippen molar-refractivity contribution >= 4 is 28.8 Å². The molecule has 10 heteroatoms. The Labute approximate surface area is 229 Å². The van der Waals surface area contributed by atoms with E-state index in [0.717, 1.165) is 68.5 Å². The standard InChI is InChI=1S/C29H39N7O3/c1-21(2)39-29(38)35(28-31-19-23-20-32-36(27(23)33-28)26-6-4-3-5-7-26)25-10-8-22(9-11-25)18-30-24-12-14-34(15-13-24)16-17-37/h8-11,19-20,24,26,30,37H,1,3-7,12-18H2,2H3. The average Bonchev–Trinajstić information content (AvgIpc) is 3.37. The third kappa shape index (κ3) is 6.63. The lowest BCUT2D eigenvalue weighted by Gasteiger charge is -2.32. The summed E-state index contributed by atoms with van der Waals surface area (Å²) in [5.74, 6) is 0.538. The molecule has 0 bridgehead atoms. The third-order valence-corrected chi connectivity index (χ3v) is 7.68. The summed E-state index contributed by atoms with van der Waals surface area (Å²) in [6.07, 6.45) is 10.8. The van der Waals surface area contributed by atoms with E-state index in [-0.39, 0.29) is 12.6 Å². The molecule has 39 heavy (non-hydrogen) atoms. The lowest BCUT2D eigenvalue weighted by molar-refractivity contribution is 0.156. The number of fused-ring (bicyclic) bond motifs is 1. The number of β-amino-alcohol motifs (C(OH)–C–C–N with tert-alkyl or cyclic N) is 1. The number of allylic oxidation sites excluding steroid dienone is 1. The maximum Gasteiger partial charge on any atom is 0.426 e. The maximum absolute atomic E-state index is 13.2. The molecular formula is C29H39N7O3. The van der Waals surface area contributed by atoms with Crippen LogP contribution in [0, 0.1) is 0 Å². The molecule has 1 aliphatic heterocycles. The first-order valence-corrected chi connectivity index (χ1v) is 14.0. The molecule has 5 rings (SSSR count). The van der Waals surface area contributed by atoms with Crippen LogP contribution in [0.4, 0.5) is 16.4 Å². The highest BCUT2D eigenvalue weighted by molar-refractivity contribution is 5.95. The number of hydrogen-bond acceptors (Lipinski definition) is 8. The second-order valence-electron chi connectivity index (χ2n) is 10.6. The smallest absolute Gasteiger partial charge is 0.415 e. The van der Waals surface area contributed by atoms with Gasteiger partial charge in [0, 0.05) is 25.3 Å². The summed E-state index contributed by atoms with van der Waals surface area (Å²) >= 11 is 0. The van der Waals surface area contributed by atoms with Crippen molar-refractivity contribution in [1.29, 1.82) is 0 Å². The quantitative estimate of drug-likeness (QED) is 0.382. The number of carbonyl (C=O) groups is 1. The molecular weight excluding hydrogens is 494 g/mol. The molecule has 1 amide bonds. The Morgan fingerprint density at radius 2 is 1.87 bits per heavy atom. The minimum Gasteiger partial charge on any atom is -0.415 e. The first-order chi connectivity index (χ1) is 19.0. The van der Waals surface area contributed by atoms with Crippen molar-refractivity contribution in [2.75, 3.05) is 31.1 Å². The van der Waals surface area contributed by atoms with E-state index in [1.54, 1.807) is 19.3 Å². The van der Waals surface area contributed by atoms with Gasteiger partial charge in [0.1, 0.15) is 0 Å². The number of likely N-dealkylation sites (tertiary alicyclic amines) is 1. The number of rotatable bonds is 9. The Hall–Kier alpha value is -3.34. The molecule has 2 aromatic heterocycles. The van der Waals surface area contributed by atoms with E-state index in [9.17, 15) is 4.79 Å². The number of carbonyl (C=O) groups excluding carboxylic acids is 1. The van der Waals surface area contributed by atoms with Gasteiger partial charge in [0.25, 0.3) is 0 Å². The average molecular weight is 534 g/mol. The van der Waals surface area contributed by atoms with Gasteiger partial charge in [-0.1, -0.05) is 38.0 Å². The highest BCUT2D eigenvalue weighted by atomic mass is 16.6. The number of aliphatic hydroxyl groups is 1. The van der Waals surface area contributed by atoms with Gasteiger partial charge in [0.05, 0.1) is 35.7 Å². The summed E-state index contributed by atoms with van der Waals surface area (Å²) in [5.41, 5.74) is 2.47. The number of piperidine rings is 1. The van der Waals surface area contributed by atoms with Crippen LogP contribution in [0.3, 0.4) is 0 Å². The molecule has 2 aliphatic rings. The Morgan fingerprint density at radius 3 is 2.56 bits per heavy atom. The van der Waals surface area contributed by atoms with Crippen LogP contribution in [-0.2, 0) is 11.3 Å². The predicted molar refractivity (Wildman–Crippen MR) is 151 cm³/mol. The summed E-state index contributed by atoms with van der Waals surface area (Å²) in [6, 6.07) is 8.57. The monoisotopic (exact) mass is 533 g/mol. The molecule has 10 nitrogen and oxygen atoms in total. The maximum atomic E-state index is 13.2. The van der Waals surface area contributed by atoms with Gasteiger partial charge in [0.15, 0.2) is 5.65 Å². The number of benzene rings is 1. The van der Waals surface area contributed by atoms with Gasteiger partial charge in [-0.25, -0.2) is 19.4 Å². The van der Waals surface area contributed by atoms with Crippen LogP contribution in [0.5, 0.6) is 0 Å². The van der Waals surface area contributed by atoms with E-state index in [1.165, 1.54) is 24.2 Å². The molecule has 2 fully saturated rings. The second kappa shape index (κ2) is 12.7. The van der Waals surface area contributed by atoms with Crippen molar-refractivity contribution in [2.24, 2.45) is 0 Å². The molecule has 0 unspecified atom stereocenters. The number of aliphatic hydroxyl groups excluding tert-OH is 1. The number of hydrogen-bond donors (Lipinski definition) is 2. The lowest BCUT2D eigenvalue weighted by atomic mass is 9.96. The fourth-order valence-electron chi connectivity index (χ4n) is 5.55. The highest BCUT2D eigenvalue weighted by Crippen LogP contribution is 2.31. The molecule has 1 aromatic carbocycles. The highest BCUT2D eigenvalue weighted by Gasteiger charge is 2.26. The Morgan fingerprint density at radius 1 is 1.13 bits per heavy atom. The molecule has 3 heterocycles. The van der Waals surface area contributed by atoms with Crippen LogP contribution in [0.15, 0.2) is 49.0 Å². The molecule has 1 saturated heterocycles. The zero-order chi connectivity index (χ0) is 27.2. The third-order valence-electron chi connectivity index (χ3n) is 7.68. The van der Waals surface area contributed by atoms with Crippen LogP contribution < -0.4 is 10.2 Å². The minimum absolute atomic E-state index is 0.213. The number of amides is 1. The van der Waals surface area contributed by atoms with E-state index < -0.39 is 6.09 Å². The number of aromatic nitrogens is 4. The first-order valence-electron chi connectivity index (χ1n) is 14.0. The fourth-order valence-corrected chi connectivity index (χ4v) is 5.55. The van der Waals surface area contributed by atoms with Crippen molar-refractivity contribution in [3.8, 4) is 0 Å². The van der Waals surface area contributed by atoms with Gasteiger partial charge < -0.3 is 20.1 Å². The number of nitrogens with one attached hydrogen (secondary N) is 1. The lowest BCUT2D eigenvalue weighted by Crippen LogP contribution is -2.43. The molecule has 0 spiro atoms. The largest absolute Gasteiger partial charge is 0.426 e. The van der Waals surface area contributed by atoms with Crippen molar-refractivity contribution in [2.45, 2.75) is 70.5 Å². The Kier molecular flexibility index (Phi) is 8.85. The topological polar surface area (TPSA) is 109 Å². The van der Waals surface area contributed by atoms with Gasteiger partial charge >= 0.3 is 6.09 Å². The normalized spacial score (nSPS) is 17.4. The number of anilines is 2. The summed E-state index contributed by atoms with van der Waals surface area (Å²) in [7, 11) is 0. The van der Waals surface area contributed by atoms with Crippen LogP contribution >= 0.6 is 0 Å². The second-order valence-corrected chi connectivity index (χ2v) is 10.6. The van der Waals surface area contributed by atoms with Crippen molar-refractivity contribution in [3.63, 3.8) is 0 Å². The summed E-state index contributed by atoms with van der Waals surface area (Å²) in [6.45, 7) is 9.07. The van der Waals surface area contributed by atoms with Crippen molar-refractivity contribution in [1.82, 2.24) is 30.0 Å². The molecule has 2 N–H and O–H groups in total. The van der Waals surface area contributed by atoms with Gasteiger partial charge in [-0.05, 0) is 63.4 Å². The SMILES string of the molecule is C=C(C)OC(=O)N(c1ccc(CNC2CCN(CCO)CC2)cc1)c1ncc2cnn(C3CCCCC3)c2n1. The van der Waals surface area contributed by atoms with Crippen LogP contribution in [0.1, 0.15) is 63.5 Å². The van der Waals surface area contributed by atoms with Gasteiger partial charge in [0.2, 0.25) is 5.95 Å². The molecule has 3 aromatic rings. The fraction of sp³-hybridized carbons (Fsp3) is 0.517. The molecule has 0 atom stereocenters. The van der Waals surface area contributed by atoms with Crippen molar-refractivity contribution < 1.29 is 14.6 Å². The van der Waals surface area contributed by atoms with E-state index in [2.05, 4.69) is 26.9 Å². The molecule has 208 valence electrons. The van der Waals surface area contributed by atoms with Crippen LogP contribution in [-0.4, -0.2) is 68.1 Å². The number of nitrogens with zero attached hydrogens (tertiary/aromatic N) is 6. The van der Waals surface area contributed by atoms with Gasteiger partial charge in [-0.3, -0.25) is 0 Å². The van der Waals surface area contributed by atoms with Crippen LogP contribution in [0.2, 0.25) is 0 Å². The minimum atomic E-state index is -0.605. The summed E-state index contributed by atoms with van der Waals surface area (Å²) in [5, 5.41) is 18.3. The summed E-state index contributed by atoms with van der Waals surface area (Å²) in [4.78, 5) is 26.2. The van der Waals surface area contributed by atoms with E-state index in [1.807, 2.05) is 28.9 Å². The Bertz CT molecular complexity index is 1260. The van der Waals surface area contributed by atoms with E-state index >= 15 is 0 Å². The molecule has 1 saturated carbocycles. The van der Waals surface area contributed by atoms with E-state index in [4.69, 9.17) is 14.8 Å². The van der Waals surface area contributed by atoms with Gasteiger partial charge in [-0.2, -0.15) is 10.1 Å². The summed E-state index contributed by atoms with van der Waals surface area (Å²) < 4.78 is 7.39. The molecule has 0 radical (unpaired) electrons. The molecule has 1 aliphatic carbocycles.